The lowest BCUT2D eigenvalue weighted by Crippen LogP contribution is -2.47. The number of likely N-dealkylation sites (N-methyl/N-ethyl adjacent to an activating group) is 1. The zero-order valence-electron chi connectivity index (χ0n) is 47.4. The van der Waals surface area contributed by atoms with E-state index in [0.717, 1.165) is 116 Å². The van der Waals surface area contributed by atoms with E-state index in [1.54, 1.807) is 0 Å². The van der Waals surface area contributed by atoms with Crippen molar-refractivity contribution in [2.24, 2.45) is 0 Å². The number of unbranched alkanes of at least 4 members (excludes halogenated alkanes) is 24. The lowest BCUT2D eigenvalue weighted by Gasteiger charge is -2.27. The summed E-state index contributed by atoms with van der Waals surface area (Å²) in [5.74, 6) is -0.549. The molecule has 0 aliphatic carbocycles. The molecule has 0 aromatic carbocycles. The lowest BCUT2D eigenvalue weighted by atomic mass is 10.0. The second-order valence-electron chi connectivity index (χ2n) is 20.8. The summed E-state index contributed by atoms with van der Waals surface area (Å²) in [6.45, 7) is 6.85. The number of ether oxygens (including phenoxy) is 1. The third-order valence-corrected chi connectivity index (χ3v) is 13.6. The predicted molar refractivity (Wildman–Crippen MR) is 309 cm³/mol. The van der Waals surface area contributed by atoms with E-state index >= 15 is 0 Å². The van der Waals surface area contributed by atoms with Gasteiger partial charge in [0.25, 0.3) is 0 Å². The molecule has 1 amide bonds. The van der Waals surface area contributed by atoms with Crippen molar-refractivity contribution in [1.82, 2.24) is 5.32 Å². The van der Waals surface area contributed by atoms with E-state index in [9.17, 15) is 19.0 Å². The summed E-state index contributed by atoms with van der Waals surface area (Å²) in [6, 6.07) is -0.867. The maximum absolute atomic E-state index is 13.5. The lowest BCUT2D eigenvalue weighted by molar-refractivity contribution is -0.870. The predicted octanol–water partition coefficient (Wildman–Crippen LogP) is 17.8. The molecule has 0 radical (unpaired) electrons. The van der Waals surface area contributed by atoms with Crippen LogP contribution in [0.2, 0.25) is 0 Å². The van der Waals surface area contributed by atoms with Gasteiger partial charge in [0.2, 0.25) is 5.91 Å². The summed E-state index contributed by atoms with van der Waals surface area (Å²) >= 11 is 0. The van der Waals surface area contributed by atoms with Crippen LogP contribution in [0.3, 0.4) is 0 Å². The van der Waals surface area contributed by atoms with Crippen LogP contribution in [0.5, 0.6) is 0 Å². The molecule has 3 atom stereocenters. The number of nitrogens with zero attached hydrogens (tertiary/aromatic N) is 1. The first-order valence-corrected chi connectivity index (χ1v) is 30.9. The van der Waals surface area contributed by atoms with Crippen molar-refractivity contribution in [2.45, 2.75) is 258 Å². The van der Waals surface area contributed by atoms with Gasteiger partial charge in [-0.25, -0.2) is 4.57 Å². The molecule has 10 heteroatoms. The molecular weight excluding hydrogens is 916 g/mol. The van der Waals surface area contributed by atoms with Crippen molar-refractivity contribution >= 4 is 19.7 Å². The molecule has 0 saturated carbocycles. The normalized spacial score (nSPS) is 14.4. The van der Waals surface area contributed by atoms with Gasteiger partial charge in [-0.3, -0.25) is 18.6 Å². The number of phosphoric acid groups is 1. The van der Waals surface area contributed by atoms with E-state index in [4.69, 9.17) is 13.8 Å². The highest BCUT2D eigenvalue weighted by atomic mass is 31.2. The molecule has 0 aromatic heterocycles. The summed E-state index contributed by atoms with van der Waals surface area (Å²) < 4.78 is 30.6. The first kappa shape index (κ1) is 69.2. The van der Waals surface area contributed by atoms with Crippen LogP contribution in [0.25, 0.3) is 0 Å². The average Bonchev–Trinajstić information content (AvgIpc) is 3.34. The fraction of sp³-hybridized carbons (Fsp3) is 0.742. The fourth-order valence-corrected chi connectivity index (χ4v) is 8.75. The summed E-state index contributed by atoms with van der Waals surface area (Å²) in [7, 11) is 1.47. The summed E-state index contributed by atoms with van der Waals surface area (Å²) in [5, 5.41) is 3.03. The van der Waals surface area contributed by atoms with Crippen molar-refractivity contribution < 1.29 is 37.3 Å². The molecule has 0 fully saturated rings. The monoisotopic (exact) mass is 1030 g/mol. The van der Waals surface area contributed by atoms with Crippen LogP contribution in [-0.4, -0.2) is 74.3 Å². The van der Waals surface area contributed by atoms with Gasteiger partial charge in [-0.15, -0.1) is 0 Å². The number of nitrogens with one attached hydrogen (secondary N) is 1. The zero-order valence-corrected chi connectivity index (χ0v) is 48.3. The van der Waals surface area contributed by atoms with Gasteiger partial charge in [-0.2, -0.15) is 0 Å². The van der Waals surface area contributed by atoms with Crippen LogP contribution >= 0.6 is 7.82 Å². The van der Waals surface area contributed by atoms with Gasteiger partial charge >= 0.3 is 13.8 Å². The number of carbonyl (C=O) groups is 2. The first-order valence-electron chi connectivity index (χ1n) is 29.4. The Balaban J connectivity index is 5.34. The molecule has 0 bridgehead atoms. The van der Waals surface area contributed by atoms with Gasteiger partial charge in [0.15, 0.2) is 0 Å². The van der Waals surface area contributed by atoms with E-state index in [2.05, 4.69) is 99.0 Å². The molecule has 72 heavy (non-hydrogen) atoms. The molecule has 0 spiro atoms. The molecule has 0 aliphatic heterocycles. The molecule has 0 saturated heterocycles. The number of esters is 1. The van der Waals surface area contributed by atoms with E-state index < -0.39 is 20.0 Å². The van der Waals surface area contributed by atoms with Crippen molar-refractivity contribution in [3.63, 3.8) is 0 Å². The Labute approximate surface area is 444 Å². The molecule has 3 unspecified atom stereocenters. The fourth-order valence-electron chi connectivity index (χ4n) is 8.02. The minimum absolute atomic E-state index is 0.0308. The van der Waals surface area contributed by atoms with Crippen LogP contribution in [0, 0.1) is 0 Å². The van der Waals surface area contributed by atoms with Gasteiger partial charge in [0.1, 0.15) is 19.3 Å². The van der Waals surface area contributed by atoms with E-state index in [1.807, 2.05) is 33.3 Å². The smallest absolute Gasteiger partial charge is 0.456 e. The summed E-state index contributed by atoms with van der Waals surface area (Å²) in [5.41, 5.74) is 0. The van der Waals surface area contributed by atoms with Crippen LogP contribution in [0.4, 0.5) is 0 Å². The van der Waals surface area contributed by atoms with Crippen LogP contribution in [-0.2, 0) is 27.9 Å². The molecule has 0 aliphatic rings. The summed E-state index contributed by atoms with van der Waals surface area (Å²) in [6.07, 6.45) is 67.2. The Morgan fingerprint density at radius 1 is 0.500 bits per heavy atom. The quantitative estimate of drug-likeness (QED) is 0.0205. The number of quaternary nitrogens is 1. The highest BCUT2D eigenvalue weighted by molar-refractivity contribution is 7.47. The Bertz CT molecular complexity index is 1510. The largest absolute Gasteiger partial charge is 0.472 e. The number of carbonyl (C=O) groups excluding carboxylic acids is 2. The Morgan fingerprint density at radius 3 is 1.36 bits per heavy atom. The van der Waals surface area contributed by atoms with Gasteiger partial charge < -0.3 is 19.4 Å². The number of phosphoric ester groups is 1. The van der Waals surface area contributed by atoms with Gasteiger partial charge in [-0.1, -0.05) is 215 Å². The molecule has 0 rings (SSSR count). The van der Waals surface area contributed by atoms with Crippen LogP contribution in [0.15, 0.2) is 85.1 Å². The minimum atomic E-state index is -4.46. The number of hydrogen-bond donors (Lipinski definition) is 2. The van der Waals surface area contributed by atoms with Gasteiger partial charge in [0, 0.05) is 12.8 Å². The molecule has 2 N–H and O–H groups in total. The van der Waals surface area contributed by atoms with Crippen LogP contribution in [0.1, 0.15) is 245 Å². The standard InChI is InChI=1S/C62H111N2O7P/c1-7-10-13-16-19-22-25-28-29-30-31-32-33-34-35-37-40-43-46-49-52-55-62(66)71-60(53-50-47-44-41-38-27-24-21-18-15-12-9-3)59(58-70-72(67,68)69-57-56-64(4,5)6)63-61(65)54-51-48-45-42-39-36-26-23-20-17-14-11-8-2/h10,13,19,22,28-29,31-32,34-36,39,50,53,59-60H,7-9,11-12,14-18,20-21,23-27,30,33,37-38,40-49,51-52,54-58H2,1-6H3,(H-,63,65,67,68)/p+1/b13-10-,22-19-,29-28-,32-31-,35-34-,39-36-,53-50-. The number of rotatable bonds is 52. The van der Waals surface area contributed by atoms with E-state index in [0.29, 0.717) is 23.9 Å². The van der Waals surface area contributed by atoms with Crippen molar-refractivity contribution in [1.29, 1.82) is 0 Å². The highest BCUT2D eigenvalue weighted by Gasteiger charge is 2.30. The number of hydrogen-bond acceptors (Lipinski definition) is 6. The minimum Gasteiger partial charge on any atom is -0.456 e. The van der Waals surface area contributed by atoms with Crippen molar-refractivity contribution in [3.05, 3.63) is 85.1 Å². The number of amides is 1. The van der Waals surface area contributed by atoms with E-state index in [1.165, 1.54) is 89.9 Å². The molecular formula is C62H112N2O7P+. The third kappa shape index (κ3) is 52.1. The highest BCUT2D eigenvalue weighted by Crippen LogP contribution is 2.43. The summed E-state index contributed by atoms with van der Waals surface area (Å²) in [4.78, 5) is 37.6. The zero-order chi connectivity index (χ0) is 52.9. The van der Waals surface area contributed by atoms with E-state index in [-0.39, 0.29) is 31.5 Å². The third-order valence-electron chi connectivity index (χ3n) is 12.6. The molecule has 0 heterocycles. The first-order chi connectivity index (χ1) is 34.9. The van der Waals surface area contributed by atoms with Crippen molar-refractivity contribution in [3.8, 4) is 0 Å². The molecule has 9 nitrogen and oxygen atoms in total. The second kappa shape index (κ2) is 51.7. The Morgan fingerprint density at radius 2 is 0.889 bits per heavy atom. The molecule has 0 aromatic rings. The van der Waals surface area contributed by atoms with Gasteiger partial charge in [-0.05, 0) is 102 Å². The number of allylic oxidation sites excluding steroid dienone is 13. The molecule has 416 valence electrons. The Kier molecular flexibility index (Phi) is 49.6. The van der Waals surface area contributed by atoms with Crippen LogP contribution < -0.4 is 5.32 Å². The second-order valence-corrected chi connectivity index (χ2v) is 22.2. The SMILES string of the molecule is CC/C=C\C/C=C\C/C=C\C/C=C\C/C=C\CCCCCCCC(=O)OC(/C=C\CCCCCCCCCCCC)C(COP(=O)(O)OCC[N+](C)(C)C)NC(=O)CCCCC/C=C\CCCCCCCC. The van der Waals surface area contributed by atoms with Crippen molar-refractivity contribution in [2.75, 3.05) is 40.9 Å². The maximum atomic E-state index is 13.5. The Hall–Kier alpha value is -2.81. The van der Waals surface area contributed by atoms with Gasteiger partial charge in [0.05, 0.1) is 33.8 Å². The topological polar surface area (TPSA) is 111 Å². The maximum Gasteiger partial charge on any atom is 0.472 e. The average molecular weight is 1030 g/mol.